The van der Waals surface area contributed by atoms with E-state index >= 15 is 0 Å². The fraction of sp³-hybridized carbons (Fsp3) is 0.854. The molecular weight excluding hydrogens is 719 g/mol. The minimum Gasteiger partial charge on any atom is -0.394 e. The van der Waals surface area contributed by atoms with Gasteiger partial charge in [-0.05, 0) is 51.4 Å². The van der Waals surface area contributed by atoms with Crippen LogP contribution in [0, 0.1) is 0 Å². The minimum absolute atomic E-state index is 0.142. The van der Waals surface area contributed by atoms with Crippen molar-refractivity contribution in [3.05, 3.63) is 36.5 Å². The van der Waals surface area contributed by atoms with Gasteiger partial charge < -0.3 is 40.3 Å². The first-order valence-corrected chi connectivity index (χ1v) is 23.7. The van der Waals surface area contributed by atoms with Gasteiger partial charge in [0.2, 0.25) is 5.91 Å². The van der Waals surface area contributed by atoms with Gasteiger partial charge in [-0.25, -0.2) is 0 Å². The Kier molecular flexibility index (Phi) is 36.2. The van der Waals surface area contributed by atoms with E-state index in [-0.39, 0.29) is 12.5 Å². The fourth-order valence-electron chi connectivity index (χ4n) is 7.40. The summed E-state index contributed by atoms with van der Waals surface area (Å²) in [6, 6.07) is -0.713. The van der Waals surface area contributed by atoms with E-state index in [4.69, 9.17) is 9.47 Å². The summed E-state index contributed by atoms with van der Waals surface area (Å²) in [7, 11) is 0. The Bertz CT molecular complexity index is 987. The lowest BCUT2D eigenvalue weighted by atomic mass is 9.99. The summed E-state index contributed by atoms with van der Waals surface area (Å²) in [5.74, 6) is -0.156. The lowest BCUT2D eigenvalue weighted by molar-refractivity contribution is -0.302. The van der Waals surface area contributed by atoms with Crippen LogP contribution in [0.4, 0.5) is 0 Å². The van der Waals surface area contributed by atoms with Crippen LogP contribution in [0.1, 0.15) is 206 Å². The van der Waals surface area contributed by atoms with Crippen LogP contribution < -0.4 is 5.32 Å². The van der Waals surface area contributed by atoms with Gasteiger partial charge in [0.25, 0.3) is 0 Å². The molecule has 1 saturated heterocycles. The predicted molar refractivity (Wildman–Crippen MR) is 235 cm³/mol. The van der Waals surface area contributed by atoms with Crippen molar-refractivity contribution in [1.29, 1.82) is 0 Å². The largest absolute Gasteiger partial charge is 0.394 e. The van der Waals surface area contributed by atoms with Gasteiger partial charge in [-0.15, -0.1) is 0 Å². The van der Waals surface area contributed by atoms with E-state index in [9.17, 15) is 30.3 Å². The van der Waals surface area contributed by atoms with Gasteiger partial charge in [0, 0.05) is 6.42 Å². The average molecular weight is 808 g/mol. The van der Waals surface area contributed by atoms with Crippen LogP contribution in [0.5, 0.6) is 0 Å². The Balaban J connectivity index is 2.00. The number of unbranched alkanes of at least 4 members (excludes halogenated alkanes) is 23. The molecule has 7 unspecified atom stereocenters. The number of rotatable bonds is 39. The van der Waals surface area contributed by atoms with Crippen molar-refractivity contribution < 1.29 is 39.8 Å². The Morgan fingerprint density at radius 2 is 1.04 bits per heavy atom. The number of carbonyl (C=O) groups is 1. The molecule has 0 bridgehead atoms. The Hall–Kier alpha value is -1.59. The van der Waals surface area contributed by atoms with E-state index in [0.29, 0.717) is 12.8 Å². The summed E-state index contributed by atoms with van der Waals surface area (Å²) < 4.78 is 11.1. The molecule has 1 fully saturated rings. The van der Waals surface area contributed by atoms with Gasteiger partial charge in [-0.1, -0.05) is 185 Å². The standard InChI is InChI=1S/C48H89NO8/c1-3-5-7-8-9-10-11-12-13-14-15-16-17-18-19-20-21-22-23-24-25-26-27-28-29-30-31-32-33-34-36-38-44(52)49-41(42(51)37-35-6-4-2)40-56-48-47(55)46(54)45(53)43(39-50)57-48/h11-12,14-15,17-18,41-43,45-48,50-51,53-55H,3-10,13,16,19-40H2,1-2H3,(H,49,52)/b12-11-,15-14-,18-17-. The van der Waals surface area contributed by atoms with Crippen LogP contribution in [0.3, 0.4) is 0 Å². The summed E-state index contributed by atoms with van der Waals surface area (Å²) in [6.45, 7) is 3.65. The zero-order valence-corrected chi connectivity index (χ0v) is 36.6. The van der Waals surface area contributed by atoms with Crippen LogP contribution in [-0.4, -0.2) is 87.5 Å². The molecule has 1 rings (SSSR count). The van der Waals surface area contributed by atoms with Crippen molar-refractivity contribution >= 4 is 5.91 Å². The number of aliphatic hydroxyl groups is 5. The van der Waals surface area contributed by atoms with E-state index in [0.717, 1.165) is 51.4 Å². The third kappa shape index (κ3) is 29.3. The second kappa shape index (κ2) is 38.6. The van der Waals surface area contributed by atoms with Gasteiger partial charge in [0.05, 0.1) is 25.4 Å². The van der Waals surface area contributed by atoms with Crippen LogP contribution in [-0.2, 0) is 14.3 Å². The molecule has 0 aliphatic carbocycles. The predicted octanol–water partition coefficient (Wildman–Crippen LogP) is 10.1. The van der Waals surface area contributed by atoms with Gasteiger partial charge in [0.15, 0.2) is 6.29 Å². The van der Waals surface area contributed by atoms with Crippen LogP contribution in [0.25, 0.3) is 0 Å². The minimum atomic E-state index is -1.55. The highest BCUT2D eigenvalue weighted by Crippen LogP contribution is 2.23. The topological polar surface area (TPSA) is 149 Å². The second-order valence-corrected chi connectivity index (χ2v) is 16.6. The van der Waals surface area contributed by atoms with Crippen molar-refractivity contribution in [3.63, 3.8) is 0 Å². The average Bonchev–Trinajstić information content (AvgIpc) is 3.21. The second-order valence-electron chi connectivity index (χ2n) is 16.6. The molecule has 9 nitrogen and oxygen atoms in total. The molecule has 334 valence electrons. The SMILES string of the molecule is CCCCCCC/C=C\C/C=C\C/C=C\CCCCCCCCCCCCCCCCCCC(=O)NC(COC1OC(CO)C(O)C(O)C1O)C(O)CCCCC. The molecule has 9 heteroatoms. The first-order chi connectivity index (χ1) is 27.8. The van der Waals surface area contributed by atoms with Gasteiger partial charge in [-0.2, -0.15) is 0 Å². The van der Waals surface area contributed by atoms with Crippen LogP contribution in [0.2, 0.25) is 0 Å². The van der Waals surface area contributed by atoms with E-state index in [1.54, 1.807) is 0 Å². The number of ether oxygens (including phenoxy) is 2. The van der Waals surface area contributed by atoms with Crippen LogP contribution in [0.15, 0.2) is 36.5 Å². The van der Waals surface area contributed by atoms with Crippen molar-refractivity contribution in [2.45, 2.75) is 249 Å². The Labute approximate surface area is 349 Å². The van der Waals surface area contributed by atoms with E-state index < -0.39 is 49.5 Å². The van der Waals surface area contributed by atoms with Crippen molar-refractivity contribution in [3.8, 4) is 0 Å². The van der Waals surface area contributed by atoms with Gasteiger partial charge in [-0.3, -0.25) is 4.79 Å². The molecule has 0 aromatic rings. The lowest BCUT2D eigenvalue weighted by Gasteiger charge is -2.40. The van der Waals surface area contributed by atoms with Crippen molar-refractivity contribution in [2.75, 3.05) is 13.2 Å². The Morgan fingerprint density at radius 3 is 1.53 bits per heavy atom. The summed E-state index contributed by atoms with van der Waals surface area (Å²) in [5, 5.41) is 53.6. The smallest absolute Gasteiger partial charge is 0.220 e. The highest BCUT2D eigenvalue weighted by atomic mass is 16.7. The summed E-state index contributed by atoms with van der Waals surface area (Å²) in [5.41, 5.74) is 0. The van der Waals surface area contributed by atoms with Crippen molar-refractivity contribution in [2.24, 2.45) is 0 Å². The molecule has 6 N–H and O–H groups in total. The van der Waals surface area contributed by atoms with E-state index in [1.807, 2.05) is 0 Å². The number of hydrogen-bond acceptors (Lipinski definition) is 8. The number of allylic oxidation sites excluding steroid dienone is 6. The monoisotopic (exact) mass is 808 g/mol. The molecule has 0 saturated carbocycles. The zero-order valence-electron chi connectivity index (χ0n) is 36.6. The first-order valence-electron chi connectivity index (χ1n) is 23.7. The quantitative estimate of drug-likeness (QED) is 0.0266. The molecule has 1 amide bonds. The summed E-state index contributed by atoms with van der Waals surface area (Å²) in [6.07, 6.45) is 41.3. The molecule has 0 aromatic heterocycles. The molecular formula is C48H89NO8. The van der Waals surface area contributed by atoms with Crippen LogP contribution >= 0.6 is 0 Å². The lowest BCUT2D eigenvalue weighted by Crippen LogP contribution is -2.60. The highest BCUT2D eigenvalue weighted by molar-refractivity contribution is 5.76. The fourth-order valence-corrected chi connectivity index (χ4v) is 7.40. The first kappa shape index (κ1) is 53.4. The van der Waals surface area contributed by atoms with Gasteiger partial charge >= 0.3 is 0 Å². The summed E-state index contributed by atoms with van der Waals surface area (Å²) >= 11 is 0. The Morgan fingerprint density at radius 1 is 0.596 bits per heavy atom. The molecule has 1 aliphatic rings. The normalized spacial score (nSPS) is 21.3. The molecule has 0 aromatic carbocycles. The molecule has 0 spiro atoms. The van der Waals surface area contributed by atoms with Gasteiger partial charge in [0.1, 0.15) is 24.4 Å². The number of carbonyl (C=O) groups excluding carboxylic acids is 1. The third-order valence-electron chi connectivity index (χ3n) is 11.2. The number of aliphatic hydroxyl groups excluding tert-OH is 5. The van der Waals surface area contributed by atoms with E-state index in [2.05, 4.69) is 55.6 Å². The molecule has 57 heavy (non-hydrogen) atoms. The number of nitrogens with one attached hydrogen (secondary N) is 1. The maximum Gasteiger partial charge on any atom is 0.220 e. The molecule has 0 radical (unpaired) electrons. The maximum atomic E-state index is 12.8. The molecule has 7 atom stereocenters. The molecule has 1 aliphatic heterocycles. The third-order valence-corrected chi connectivity index (χ3v) is 11.2. The maximum absolute atomic E-state index is 12.8. The zero-order chi connectivity index (χ0) is 41.6. The summed E-state index contributed by atoms with van der Waals surface area (Å²) in [4.78, 5) is 12.8. The molecule has 1 heterocycles. The van der Waals surface area contributed by atoms with Crippen molar-refractivity contribution in [1.82, 2.24) is 5.32 Å². The van der Waals surface area contributed by atoms with E-state index in [1.165, 1.54) is 128 Å². The highest BCUT2D eigenvalue weighted by Gasteiger charge is 2.44. The number of hydrogen-bond donors (Lipinski definition) is 6. The number of amides is 1.